The summed E-state index contributed by atoms with van der Waals surface area (Å²) in [6, 6.07) is 5.61. The highest BCUT2D eigenvalue weighted by Crippen LogP contribution is 1.97. The van der Waals surface area contributed by atoms with Crippen molar-refractivity contribution in [3.63, 3.8) is 0 Å². The van der Waals surface area contributed by atoms with Gasteiger partial charge < -0.3 is 10.5 Å². The molecular weight excluding hydrogens is 140 g/mol. The van der Waals surface area contributed by atoms with E-state index in [1.165, 1.54) is 0 Å². The van der Waals surface area contributed by atoms with E-state index in [1.54, 1.807) is 6.20 Å². The van der Waals surface area contributed by atoms with Crippen LogP contribution in [0.1, 0.15) is 5.69 Å². The maximum absolute atomic E-state index is 5.20. The molecule has 0 aliphatic carbocycles. The van der Waals surface area contributed by atoms with E-state index in [1.807, 2.05) is 18.2 Å². The Labute approximate surface area is 65.5 Å². The summed E-state index contributed by atoms with van der Waals surface area (Å²) >= 11 is 0. The zero-order valence-corrected chi connectivity index (χ0v) is 6.16. The van der Waals surface area contributed by atoms with Gasteiger partial charge in [-0.2, -0.15) is 0 Å². The molecule has 1 rings (SSSR count). The lowest BCUT2D eigenvalue weighted by molar-refractivity contribution is 0.194. The van der Waals surface area contributed by atoms with Gasteiger partial charge in [0.2, 0.25) is 0 Å². The van der Waals surface area contributed by atoms with Crippen molar-refractivity contribution in [2.45, 2.75) is 6.61 Å². The first-order valence-corrected chi connectivity index (χ1v) is 3.26. The average Bonchev–Trinajstić information content (AvgIpc) is 2.03. The van der Waals surface area contributed by atoms with Crippen molar-refractivity contribution in [3.05, 3.63) is 42.6 Å². The molecule has 0 fully saturated rings. The number of nitrogens with zero attached hydrogens (tertiary/aromatic N) is 1. The van der Waals surface area contributed by atoms with Crippen LogP contribution in [0.15, 0.2) is 36.9 Å². The van der Waals surface area contributed by atoms with Crippen LogP contribution in [0.5, 0.6) is 0 Å². The summed E-state index contributed by atoms with van der Waals surface area (Å²) in [7, 11) is 0. The van der Waals surface area contributed by atoms with Crippen LogP contribution in [0.4, 0.5) is 0 Å². The van der Waals surface area contributed by atoms with E-state index in [0.29, 0.717) is 6.61 Å². The molecule has 0 saturated heterocycles. The van der Waals surface area contributed by atoms with Gasteiger partial charge in [0.05, 0.1) is 5.69 Å². The predicted molar refractivity (Wildman–Crippen MR) is 42.4 cm³/mol. The Balaban J connectivity index is 2.45. The van der Waals surface area contributed by atoms with Crippen LogP contribution in [0.25, 0.3) is 0 Å². The molecule has 3 heteroatoms. The molecule has 0 saturated carbocycles. The van der Waals surface area contributed by atoms with E-state index in [0.717, 1.165) is 5.69 Å². The lowest BCUT2D eigenvalue weighted by Crippen LogP contribution is -2.01. The van der Waals surface area contributed by atoms with E-state index in [4.69, 9.17) is 10.5 Å². The zero-order chi connectivity index (χ0) is 8.10. The molecular formula is C8H10N2O. The first kappa shape index (κ1) is 7.60. The van der Waals surface area contributed by atoms with Gasteiger partial charge in [0.15, 0.2) is 5.88 Å². The van der Waals surface area contributed by atoms with Crippen LogP contribution in [-0.4, -0.2) is 4.98 Å². The maximum Gasteiger partial charge on any atom is 0.177 e. The average molecular weight is 150 g/mol. The fourth-order valence-corrected chi connectivity index (χ4v) is 0.650. The third-order valence-electron chi connectivity index (χ3n) is 1.13. The molecule has 0 spiro atoms. The lowest BCUT2D eigenvalue weighted by Gasteiger charge is -2.02. The van der Waals surface area contributed by atoms with Gasteiger partial charge in [-0.25, -0.2) is 0 Å². The fourth-order valence-electron chi connectivity index (χ4n) is 0.650. The Morgan fingerprint density at radius 3 is 3.00 bits per heavy atom. The first-order valence-electron chi connectivity index (χ1n) is 3.26. The Morgan fingerprint density at radius 1 is 1.64 bits per heavy atom. The molecule has 0 unspecified atom stereocenters. The third-order valence-corrected chi connectivity index (χ3v) is 1.13. The molecule has 1 aromatic rings. The maximum atomic E-state index is 5.20. The monoisotopic (exact) mass is 150 g/mol. The minimum absolute atomic E-state index is 0.218. The third kappa shape index (κ3) is 2.71. The van der Waals surface area contributed by atoms with Gasteiger partial charge in [0.1, 0.15) is 6.61 Å². The van der Waals surface area contributed by atoms with Crippen LogP contribution < -0.4 is 5.73 Å². The number of hydrogen-bond acceptors (Lipinski definition) is 3. The fraction of sp³-hybridized carbons (Fsp3) is 0.125. The normalized spacial score (nSPS) is 9.09. The number of rotatable bonds is 3. The Bertz CT molecular complexity index is 233. The molecule has 1 aromatic heterocycles. The number of aromatic nitrogens is 1. The van der Waals surface area contributed by atoms with E-state index in [-0.39, 0.29) is 5.88 Å². The van der Waals surface area contributed by atoms with Crippen molar-refractivity contribution in [2.75, 3.05) is 0 Å². The first-order chi connectivity index (χ1) is 5.29. The lowest BCUT2D eigenvalue weighted by atomic mass is 10.4. The summed E-state index contributed by atoms with van der Waals surface area (Å²) < 4.78 is 4.95. The molecule has 3 nitrogen and oxygen atoms in total. The second-order valence-electron chi connectivity index (χ2n) is 2.08. The Hall–Kier alpha value is -1.51. The van der Waals surface area contributed by atoms with Crippen molar-refractivity contribution in [2.24, 2.45) is 5.73 Å². The molecule has 11 heavy (non-hydrogen) atoms. The molecule has 0 amide bonds. The molecule has 2 N–H and O–H groups in total. The van der Waals surface area contributed by atoms with Gasteiger partial charge in [-0.05, 0) is 18.7 Å². The summed E-state index contributed by atoms with van der Waals surface area (Å²) in [5.74, 6) is 0.218. The van der Waals surface area contributed by atoms with Crippen LogP contribution in [0.3, 0.4) is 0 Å². The van der Waals surface area contributed by atoms with Crippen LogP contribution in [0.2, 0.25) is 0 Å². The number of hydrogen-bond donors (Lipinski definition) is 1. The largest absolute Gasteiger partial charge is 0.473 e. The second-order valence-corrected chi connectivity index (χ2v) is 2.08. The highest BCUT2D eigenvalue weighted by molar-refractivity contribution is 5.02. The van der Waals surface area contributed by atoms with E-state index in [9.17, 15) is 0 Å². The summed E-state index contributed by atoms with van der Waals surface area (Å²) in [5.41, 5.74) is 6.04. The Kier molecular flexibility index (Phi) is 2.49. The quantitative estimate of drug-likeness (QED) is 0.654. The molecule has 1 heterocycles. The van der Waals surface area contributed by atoms with Crippen molar-refractivity contribution in [3.8, 4) is 0 Å². The molecule has 0 atom stereocenters. The van der Waals surface area contributed by atoms with Gasteiger partial charge in [-0.1, -0.05) is 6.07 Å². The number of ether oxygens (including phenoxy) is 1. The van der Waals surface area contributed by atoms with Gasteiger partial charge in [-0.15, -0.1) is 0 Å². The summed E-state index contributed by atoms with van der Waals surface area (Å²) in [4.78, 5) is 4.03. The van der Waals surface area contributed by atoms with Crippen molar-refractivity contribution < 1.29 is 4.74 Å². The summed E-state index contributed by atoms with van der Waals surface area (Å²) in [6.45, 7) is 3.78. The Morgan fingerprint density at radius 2 is 2.45 bits per heavy atom. The molecule has 0 aromatic carbocycles. The molecule has 58 valence electrons. The van der Waals surface area contributed by atoms with E-state index >= 15 is 0 Å². The van der Waals surface area contributed by atoms with Crippen LogP contribution in [0, 0.1) is 0 Å². The highest BCUT2D eigenvalue weighted by atomic mass is 16.5. The SMILES string of the molecule is C=C(N)OCc1ccccn1. The highest BCUT2D eigenvalue weighted by Gasteiger charge is 1.91. The smallest absolute Gasteiger partial charge is 0.177 e. The minimum atomic E-state index is 0.218. The van der Waals surface area contributed by atoms with Crippen molar-refractivity contribution in [1.29, 1.82) is 0 Å². The van der Waals surface area contributed by atoms with Gasteiger partial charge >= 0.3 is 0 Å². The minimum Gasteiger partial charge on any atom is -0.473 e. The van der Waals surface area contributed by atoms with Crippen LogP contribution >= 0.6 is 0 Å². The molecule has 0 aliphatic rings. The number of pyridine rings is 1. The van der Waals surface area contributed by atoms with E-state index in [2.05, 4.69) is 11.6 Å². The van der Waals surface area contributed by atoms with Gasteiger partial charge in [0.25, 0.3) is 0 Å². The standard InChI is InChI=1S/C8H10N2O/c1-7(9)11-6-8-4-2-3-5-10-8/h2-5H,1,6,9H2. The van der Waals surface area contributed by atoms with Gasteiger partial charge in [0, 0.05) is 6.20 Å². The number of nitrogens with two attached hydrogens (primary N) is 1. The van der Waals surface area contributed by atoms with Crippen molar-refractivity contribution >= 4 is 0 Å². The topological polar surface area (TPSA) is 48.1 Å². The zero-order valence-electron chi connectivity index (χ0n) is 6.16. The molecule has 0 bridgehead atoms. The second kappa shape index (κ2) is 3.61. The van der Waals surface area contributed by atoms with Gasteiger partial charge in [-0.3, -0.25) is 4.98 Å². The predicted octanol–water partition coefficient (Wildman–Crippen LogP) is 1.03. The molecule has 0 radical (unpaired) electrons. The van der Waals surface area contributed by atoms with E-state index < -0.39 is 0 Å². The van der Waals surface area contributed by atoms with Crippen LogP contribution in [-0.2, 0) is 11.3 Å². The molecule has 0 aliphatic heterocycles. The summed E-state index contributed by atoms with van der Waals surface area (Å²) in [5, 5.41) is 0. The van der Waals surface area contributed by atoms with Crippen molar-refractivity contribution in [1.82, 2.24) is 4.98 Å². The summed E-state index contributed by atoms with van der Waals surface area (Å²) in [6.07, 6.45) is 1.71.